The molecule has 0 atom stereocenters. The highest BCUT2D eigenvalue weighted by molar-refractivity contribution is 5.76. The molecule has 0 bridgehead atoms. The number of nitrogens with zero attached hydrogens (tertiary/aromatic N) is 1. The molecule has 6 nitrogen and oxygen atoms in total. The zero-order valence-corrected chi connectivity index (χ0v) is 6.17. The van der Waals surface area contributed by atoms with Crippen LogP contribution in [0.5, 0.6) is 0 Å². The molecule has 6 heteroatoms. The van der Waals surface area contributed by atoms with Crippen LogP contribution in [0.2, 0.25) is 0 Å². The van der Waals surface area contributed by atoms with Crippen LogP contribution in [0, 0.1) is 6.92 Å². The van der Waals surface area contributed by atoms with Gasteiger partial charge in [0.15, 0.2) is 0 Å². The van der Waals surface area contributed by atoms with E-state index in [0.717, 1.165) is 0 Å². The van der Waals surface area contributed by atoms with Gasteiger partial charge in [0.05, 0.1) is 5.69 Å². The largest absolute Gasteiger partial charge is 0.350 e. The summed E-state index contributed by atoms with van der Waals surface area (Å²) >= 11 is 0. The van der Waals surface area contributed by atoms with Crippen molar-refractivity contribution in [3.63, 3.8) is 0 Å². The lowest BCUT2D eigenvalue weighted by Gasteiger charge is -1.83. The molecular formula is C6H5N3O3. The average molecular weight is 167 g/mol. The number of aromatic nitrogens is 3. The van der Waals surface area contributed by atoms with Crippen LogP contribution in [-0.4, -0.2) is 15.4 Å². The Balaban J connectivity index is 3.20. The molecule has 0 aliphatic rings. The molecule has 2 aromatic rings. The predicted octanol–water partition coefficient (Wildman–Crippen LogP) is -0.487. The lowest BCUT2D eigenvalue weighted by molar-refractivity contribution is 0.447. The van der Waals surface area contributed by atoms with E-state index >= 15 is 0 Å². The van der Waals surface area contributed by atoms with Crippen molar-refractivity contribution in [1.29, 1.82) is 0 Å². The quantitative estimate of drug-likeness (QED) is 0.553. The third kappa shape index (κ3) is 0.714. The van der Waals surface area contributed by atoms with Crippen molar-refractivity contribution in [2.75, 3.05) is 0 Å². The number of aryl methyl sites for hydroxylation is 1. The molecule has 0 unspecified atom stereocenters. The minimum absolute atomic E-state index is 0.0312. The Labute approximate surface area is 65.2 Å². The monoisotopic (exact) mass is 167 g/mol. The van der Waals surface area contributed by atoms with E-state index in [2.05, 4.69) is 19.9 Å². The molecule has 0 amide bonds. The molecule has 0 aliphatic carbocycles. The van der Waals surface area contributed by atoms with Gasteiger partial charge in [0.2, 0.25) is 5.58 Å². The van der Waals surface area contributed by atoms with Crippen molar-refractivity contribution in [2.24, 2.45) is 0 Å². The third-order valence-corrected chi connectivity index (χ3v) is 1.59. The maximum Gasteiger partial charge on any atom is 0.309 e. The predicted molar refractivity (Wildman–Crippen MR) is 40.0 cm³/mol. The highest BCUT2D eigenvalue weighted by Crippen LogP contribution is 2.06. The standard InChI is InChI=1S/C6H5N3O3/c1-2-3-4(12-9-2)6(11)8-7-5(3)10/h1H3,(H,7,10)(H,8,11). The Bertz CT molecular complexity index is 533. The molecule has 2 rings (SSSR count). The summed E-state index contributed by atoms with van der Waals surface area (Å²) in [5.74, 6) is 0. The Morgan fingerprint density at radius 2 is 1.92 bits per heavy atom. The molecule has 0 fully saturated rings. The second-order valence-corrected chi connectivity index (χ2v) is 2.38. The lowest BCUT2D eigenvalue weighted by Crippen LogP contribution is -2.17. The summed E-state index contributed by atoms with van der Waals surface area (Å²) in [5.41, 5.74) is -0.498. The zero-order chi connectivity index (χ0) is 8.72. The molecule has 0 radical (unpaired) electrons. The SMILES string of the molecule is Cc1noc2c(=O)[nH][nH]c(=O)c12. The van der Waals surface area contributed by atoms with Crippen molar-refractivity contribution in [1.82, 2.24) is 15.4 Å². The van der Waals surface area contributed by atoms with Crippen LogP contribution >= 0.6 is 0 Å². The van der Waals surface area contributed by atoms with E-state index in [1.54, 1.807) is 6.92 Å². The van der Waals surface area contributed by atoms with Gasteiger partial charge in [-0.1, -0.05) is 5.16 Å². The highest BCUT2D eigenvalue weighted by Gasteiger charge is 2.10. The van der Waals surface area contributed by atoms with Gasteiger partial charge in [-0.15, -0.1) is 0 Å². The van der Waals surface area contributed by atoms with E-state index in [4.69, 9.17) is 0 Å². The summed E-state index contributed by atoms with van der Waals surface area (Å²) in [4.78, 5) is 22.1. The number of hydrogen-bond donors (Lipinski definition) is 2. The third-order valence-electron chi connectivity index (χ3n) is 1.59. The summed E-state index contributed by atoms with van der Waals surface area (Å²) in [6.45, 7) is 1.60. The van der Waals surface area contributed by atoms with Crippen LogP contribution in [0.15, 0.2) is 14.1 Å². The normalized spacial score (nSPS) is 10.8. The number of H-pyrrole nitrogens is 2. The van der Waals surface area contributed by atoms with Crippen molar-refractivity contribution in [3.05, 3.63) is 26.4 Å². The number of nitrogens with one attached hydrogen (secondary N) is 2. The van der Waals surface area contributed by atoms with E-state index in [0.29, 0.717) is 5.69 Å². The molecule has 0 aliphatic heterocycles. The van der Waals surface area contributed by atoms with Crippen molar-refractivity contribution in [2.45, 2.75) is 6.92 Å². The average Bonchev–Trinajstić information content (AvgIpc) is 2.42. The Morgan fingerprint density at radius 1 is 1.25 bits per heavy atom. The summed E-state index contributed by atoms with van der Waals surface area (Å²) in [6, 6.07) is 0. The Morgan fingerprint density at radius 3 is 2.58 bits per heavy atom. The first-order chi connectivity index (χ1) is 5.70. The number of fused-ring (bicyclic) bond motifs is 1. The maximum atomic E-state index is 11.1. The second-order valence-electron chi connectivity index (χ2n) is 2.38. The molecule has 0 saturated carbocycles. The van der Waals surface area contributed by atoms with E-state index in [-0.39, 0.29) is 11.0 Å². The first kappa shape index (κ1) is 6.84. The molecule has 2 N–H and O–H groups in total. The van der Waals surface area contributed by atoms with Crippen molar-refractivity contribution < 1.29 is 4.52 Å². The van der Waals surface area contributed by atoms with Crippen LogP contribution in [0.25, 0.3) is 11.0 Å². The van der Waals surface area contributed by atoms with E-state index in [9.17, 15) is 9.59 Å². The number of aromatic amines is 2. The van der Waals surface area contributed by atoms with Crippen LogP contribution in [0.4, 0.5) is 0 Å². The summed E-state index contributed by atoms with van der Waals surface area (Å²) in [7, 11) is 0. The van der Waals surface area contributed by atoms with E-state index in [1.165, 1.54) is 0 Å². The van der Waals surface area contributed by atoms with E-state index < -0.39 is 11.1 Å². The lowest BCUT2D eigenvalue weighted by atomic mass is 10.3. The minimum atomic E-state index is -0.481. The smallest absolute Gasteiger partial charge is 0.309 e. The van der Waals surface area contributed by atoms with Crippen LogP contribution in [0.1, 0.15) is 5.69 Å². The Hall–Kier alpha value is -1.85. The second kappa shape index (κ2) is 2.07. The zero-order valence-electron chi connectivity index (χ0n) is 6.17. The molecule has 0 spiro atoms. The summed E-state index contributed by atoms with van der Waals surface area (Å²) in [6.07, 6.45) is 0. The highest BCUT2D eigenvalue weighted by atomic mass is 16.5. The fourth-order valence-electron chi connectivity index (χ4n) is 1.02. The van der Waals surface area contributed by atoms with Crippen molar-refractivity contribution >= 4 is 11.0 Å². The van der Waals surface area contributed by atoms with Gasteiger partial charge in [-0.2, -0.15) is 0 Å². The maximum absolute atomic E-state index is 11.1. The first-order valence-electron chi connectivity index (χ1n) is 3.27. The fraction of sp³-hybridized carbons (Fsp3) is 0.167. The molecule has 62 valence electrons. The number of rotatable bonds is 0. The van der Waals surface area contributed by atoms with E-state index in [1.807, 2.05) is 0 Å². The minimum Gasteiger partial charge on any atom is -0.350 e. The molecule has 2 aromatic heterocycles. The van der Waals surface area contributed by atoms with Gasteiger partial charge in [-0.25, -0.2) is 0 Å². The molecular weight excluding hydrogens is 162 g/mol. The molecule has 2 heterocycles. The Kier molecular flexibility index (Phi) is 1.18. The van der Waals surface area contributed by atoms with Gasteiger partial charge in [0.25, 0.3) is 5.56 Å². The van der Waals surface area contributed by atoms with Gasteiger partial charge < -0.3 is 4.52 Å². The van der Waals surface area contributed by atoms with Crippen LogP contribution in [-0.2, 0) is 0 Å². The molecule has 12 heavy (non-hydrogen) atoms. The van der Waals surface area contributed by atoms with Gasteiger partial charge >= 0.3 is 5.56 Å². The summed E-state index contributed by atoms with van der Waals surface area (Å²) in [5, 5.41) is 8.02. The van der Waals surface area contributed by atoms with Crippen LogP contribution < -0.4 is 11.1 Å². The number of hydrogen-bond acceptors (Lipinski definition) is 4. The van der Waals surface area contributed by atoms with Gasteiger partial charge in [-0.05, 0) is 6.92 Å². The molecule has 0 aromatic carbocycles. The fourth-order valence-corrected chi connectivity index (χ4v) is 1.02. The van der Waals surface area contributed by atoms with Gasteiger partial charge in [-0.3, -0.25) is 19.8 Å². The van der Waals surface area contributed by atoms with Crippen LogP contribution in [0.3, 0.4) is 0 Å². The first-order valence-corrected chi connectivity index (χ1v) is 3.27. The summed E-state index contributed by atoms with van der Waals surface area (Å²) < 4.78 is 4.65. The van der Waals surface area contributed by atoms with Crippen molar-refractivity contribution in [3.8, 4) is 0 Å². The topological polar surface area (TPSA) is 91.8 Å². The van der Waals surface area contributed by atoms with Gasteiger partial charge in [0.1, 0.15) is 5.39 Å². The molecule has 0 saturated heterocycles. The van der Waals surface area contributed by atoms with Gasteiger partial charge in [0, 0.05) is 0 Å².